The summed E-state index contributed by atoms with van der Waals surface area (Å²) >= 11 is 4.04. The van der Waals surface area contributed by atoms with Gasteiger partial charge in [-0.25, -0.2) is 0 Å². The molecule has 2 heterocycles. The molecule has 6 heteroatoms. The summed E-state index contributed by atoms with van der Waals surface area (Å²) in [5, 5.41) is 7.73. The highest BCUT2D eigenvalue weighted by Gasteiger charge is 2.36. The predicted molar refractivity (Wildman–Crippen MR) is 119 cm³/mol. The van der Waals surface area contributed by atoms with Crippen LogP contribution in [0.5, 0.6) is 5.75 Å². The van der Waals surface area contributed by atoms with Gasteiger partial charge in [0.25, 0.3) is 5.91 Å². The van der Waals surface area contributed by atoms with Crippen molar-refractivity contribution in [1.29, 1.82) is 0 Å². The quantitative estimate of drug-likeness (QED) is 0.550. The first kappa shape index (κ1) is 19.1. The number of anilines is 1. The van der Waals surface area contributed by atoms with Crippen molar-refractivity contribution in [2.45, 2.75) is 46.2 Å². The number of halogens is 1. The average Bonchev–Trinajstić information content (AvgIpc) is 2.98. The fraction of sp³-hybridized carbons (Fsp3) is 0.476. The summed E-state index contributed by atoms with van der Waals surface area (Å²) < 4.78 is 6.38. The first-order valence-corrected chi connectivity index (χ1v) is 11.2. The number of nitrogens with one attached hydrogen (secondary N) is 2. The van der Waals surface area contributed by atoms with Crippen LogP contribution >= 0.6 is 33.9 Å². The molecule has 1 amide bonds. The number of hydrogen-bond donors (Lipinski definition) is 2. The van der Waals surface area contributed by atoms with Crippen LogP contribution in [0, 0.1) is 14.9 Å². The third-order valence-corrected chi connectivity index (χ3v) is 7.81. The minimum Gasteiger partial charge on any atom is -0.496 e. The highest BCUT2D eigenvalue weighted by atomic mass is 127. The number of hydrogen-bond acceptors (Lipinski definition) is 4. The van der Waals surface area contributed by atoms with Crippen LogP contribution in [0.25, 0.3) is 0 Å². The lowest BCUT2D eigenvalue weighted by molar-refractivity contribution is 0.0935. The van der Waals surface area contributed by atoms with E-state index in [4.69, 9.17) is 4.74 Å². The van der Waals surface area contributed by atoms with Crippen LogP contribution in [0.1, 0.15) is 59.7 Å². The molecule has 144 valence electrons. The van der Waals surface area contributed by atoms with Gasteiger partial charge in [-0.15, -0.1) is 11.3 Å². The molecule has 0 saturated heterocycles. The van der Waals surface area contributed by atoms with E-state index in [0.29, 0.717) is 11.3 Å². The highest BCUT2D eigenvalue weighted by Crippen LogP contribution is 2.46. The Morgan fingerprint density at radius 3 is 2.70 bits per heavy atom. The third kappa shape index (κ3) is 3.46. The maximum absolute atomic E-state index is 12.9. The summed E-state index contributed by atoms with van der Waals surface area (Å²) in [4.78, 5) is 14.3. The SMILES string of the molecule is COc1ccc(C2NC(=O)c3c(sc4c3CCC(C(C)(C)C)C4)N2)cc1I. The first-order valence-electron chi connectivity index (χ1n) is 9.33. The number of thiophene rings is 1. The fourth-order valence-corrected chi connectivity index (χ4v) is 6.18. The summed E-state index contributed by atoms with van der Waals surface area (Å²) in [6, 6.07) is 6.02. The lowest BCUT2D eigenvalue weighted by Gasteiger charge is -2.34. The van der Waals surface area contributed by atoms with Gasteiger partial charge < -0.3 is 15.4 Å². The molecule has 0 radical (unpaired) electrons. The molecule has 0 fully saturated rings. The van der Waals surface area contributed by atoms with Gasteiger partial charge in [-0.3, -0.25) is 4.79 Å². The monoisotopic (exact) mass is 496 g/mol. The largest absolute Gasteiger partial charge is 0.496 e. The van der Waals surface area contributed by atoms with E-state index in [0.717, 1.165) is 44.7 Å². The predicted octanol–water partition coefficient (Wildman–Crippen LogP) is 5.37. The molecule has 2 N–H and O–H groups in total. The van der Waals surface area contributed by atoms with E-state index >= 15 is 0 Å². The van der Waals surface area contributed by atoms with Crippen LogP contribution in [-0.4, -0.2) is 13.0 Å². The smallest absolute Gasteiger partial charge is 0.256 e. The number of fused-ring (bicyclic) bond motifs is 3. The Hall–Kier alpha value is -1.28. The van der Waals surface area contributed by atoms with E-state index in [1.165, 1.54) is 10.4 Å². The van der Waals surface area contributed by atoms with E-state index in [1.54, 1.807) is 18.4 Å². The normalized spacial score (nSPS) is 21.7. The third-order valence-electron chi connectivity index (χ3n) is 5.78. The Bertz CT molecular complexity index is 900. The van der Waals surface area contributed by atoms with Gasteiger partial charge in [0.2, 0.25) is 0 Å². The molecule has 2 unspecified atom stereocenters. The zero-order valence-corrected chi connectivity index (χ0v) is 19.1. The molecular weight excluding hydrogens is 471 g/mol. The number of ether oxygens (including phenoxy) is 1. The number of carbonyl (C=O) groups is 1. The van der Waals surface area contributed by atoms with E-state index in [-0.39, 0.29) is 12.1 Å². The number of methoxy groups -OCH3 is 1. The van der Waals surface area contributed by atoms with Gasteiger partial charge >= 0.3 is 0 Å². The molecule has 2 aromatic rings. The Balaban J connectivity index is 1.63. The van der Waals surface area contributed by atoms with Gasteiger partial charge in [-0.05, 0) is 76.4 Å². The van der Waals surface area contributed by atoms with Crippen molar-refractivity contribution in [3.05, 3.63) is 43.3 Å². The van der Waals surface area contributed by atoms with Crippen LogP contribution < -0.4 is 15.4 Å². The Morgan fingerprint density at radius 2 is 2.04 bits per heavy atom. The molecule has 4 nitrogen and oxygen atoms in total. The lowest BCUT2D eigenvalue weighted by Crippen LogP contribution is -2.38. The molecule has 2 atom stereocenters. The zero-order valence-electron chi connectivity index (χ0n) is 16.1. The second-order valence-corrected chi connectivity index (χ2v) is 10.7. The topological polar surface area (TPSA) is 50.4 Å². The van der Waals surface area contributed by atoms with E-state index in [2.05, 4.69) is 60.1 Å². The maximum atomic E-state index is 12.9. The molecule has 2 aliphatic rings. The standard InChI is InChI=1S/C21H25IN2O2S/c1-21(2,3)12-6-7-13-16(10-12)27-20-17(13)19(25)23-18(24-20)11-5-8-15(26-4)14(22)9-11/h5,8-9,12,18,24H,6-7,10H2,1-4H3,(H,23,25). The molecule has 0 spiro atoms. The molecule has 1 aromatic heterocycles. The van der Waals surface area contributed by atoms with Gasteiger partial charge in [0.15, 0.2) is 0 Å². The first-order chi connectivity index (χ1) is 12.8. The number of amides is 1. The van der Waals surface area contributed by atoms with Gasteiger partial charge in [0, 0.05) is 4.88 Å². The van der Waals surface area contributed by atoms with Crippen LogP contribution in [0.2, 0.25) is 0 Å². The zero-order chi connectivity index (χ0) is 19.3. The van der Waals surface area contributed by atoms with Crippen molar-refractivity contribution >= 4 is 44.8 Å². The summed E-state index contributed by atoms with van der Waals surface area (Å²) in [7, 11) is 1.67. The van der Waals surface area contributed by atoms with Crippen molar-refractivity contribution in [2.75, 3.05) is 12.4 Å². The van der Waals surface area contributed by atoms with Gasteiger partial charge in [0.1, 0.15) is 16.9 Å². The second-order valence-electron chi connectivity index (χ2n) is 8.46. The maximum Gasteiger partial charge on any atom is 0.256 e. The summed E-state index contributed by atoms with van der Waals surface area (Å²) in [5.41, 5.74) is 3.49. The Kier molecular flexibility index (Phi) is 4.91. The van der Waals surface area contributed by atoms with Crippen molar-refractivity contribution in [2.24, 2.45) is 11.3 Å². The van der Waals surface area contributed by atoms with Crippen LogP contribution in [0.3, 0.4) is 0 Å². The summed E-state index contributed by atoms with van der Waals surface area (Å²) in [6.07, 6.45) is 3.04. The van der Waals surface area contributed by atoms with Crippen molar-refractivity contribution < 1.29 is 9.53 Å². The second kappa shape index (κ2) is 6.95. The lowest BCUT2D eigenvalue weighted by atomic mass is 9.72. The molecule has 1 aliphatic carbocycles. The average molecular weight is 496 g/mol. The van der Waals surface area contributed by atoms with E-state index in [9.17, 15) is 4.79 Å². The van der Waals surface area contributed by atoms with Crippen molar-refractivity contribution in [1.82, 2.24) is 5.32 Å². The van der Waals surface area contributed by atoms with Crippen molar-refractivity contribution in [3.8, 4) is 5.75 Å². The highest BCUT2D eigenvalue weighted by molar-refractivity contribution is 14.1. The van der Waals surface area contributed by atoms with Crippen LogP contribution in [0.15, 0.2) is 18.2 Å². The van der Waals surface area contributed by atoms with Gasteiger partial charge in [0.05, 0.1) is 16.2 Å². The number of benzene rings is 1. The number of carbonyl (C=O) groups excluding carboxylic acids is 1. The molecule has 1 aromatic carbocycles. The van der Waals surface area contributed by atoms with Crippen LogP contribution in [0.4, 0.5) is 5.00 Å². The minimum absolute atomic E-state index is 0.0475. The molecule has 1 aliphatic heterocycles. The van der Waals surface area contributed by atoms with Crippen LogP contribution in [-0.2, 0) is 12.8 Å². The molecule has 27 heavy (non-hydrogen) atoms. The van der Waals surface area contributed by atoms with Gasteiger partial charge in [-0.1, -0.05) is 26.8 Å². The minimum atomic E-state index is -0.206. The van der Waals surface area contributed by atoms with E-state index < -0.39 is 0 Å². The molecule has 0 saturated carbocycles. The van der Waals surface area contributed by atoms with E-state index in [1.807, 2.05) is 12.1 Å². The molecule has 4 rings (SSSR count). The Morgan fingerprint density at radius 1 is 1.26 bits per heavy atom. The molecule has 0 bridgehead atoms. The Labute approximate surface area is 178 Å². The molecular formula is C21H25IN2O2S. The summed E-state index contributed by atoms with van der Waals surface area (Å²) in [5.74, 6) is 1.57. The fourth-order valence-electron chi connectivity index (χ4n) is 4.07. The van der Waals surface area contributed by atoms with Crippen molar-refractivity contribution in [3.63, 3.8) is 0 Å². The summed E-state index contributed by atoms with van der Waals surface area (Å²) in [6.45, 7) is 6.97. The number of rotatable bonds is 2. The van der Waals surface area contributed by atoms with Gasteiger partial charge in [-0.2, -0.15) is 0 Å².